The normalized spacial score (nSPS) is 21.9. The van der Waals surface area contributed by atoms with Crippen molar-refractivity contribution >= 4 is 17.6 Å². The molecular weight excluding hydrogens is 405 g/mol. The molecule has 0 bridgehead atoms. The summed E-state index contributed by atoms with van der Waals surface area (Å²) in [5, 5.41) is 15.5. The van der Waals surface area contributed by atoms with Gasteiger partial charge in [0.2, 0.25) is 5.91 Å². The van der Waals surface area contributed by atoms with E-state index in [1.807, 2.05) is 42.3 Å². The molecule has 1 amide bonds. The number of nitrogens with zero attached hydrogens (tertiary/aromatic N) is 6. The van der Waals surface area contributed by atoms with Crippen molar-refractivity contribution in [3.8, 4) is 0 Å². The molecule has 2 aliphatic heterocycles. The summed E-state index contributed by atoms with van der Waals surface area (Å²) in [4.78, 5) is 26.2. The van der Waals surface area contributed by atoms with Crippen LogP contribution in [0, 0.1) is 5.41 Å². The second-order valence-corrected chi connectivity index (χ2v) is 7.65. The van der Waals surface area contributed by atoms with Gasteiger partial charge in [-0.25, -0.2) is 4.79 Å². The standard InChI is InChI=1S/C16H22N6O.C2HF3O2/c1-19-9-13(7-17-19)10-21-5-3-16(12-21)4-6-22(15(16)23)14-8-18-20(2)11-14;3-2(4,5)1(6)7/h7-9,11H,3-6,10,12H2,1-2H3;(H,6,7). The molecule has 0 saturated carbocycles. The maximum atomic E-state index is 13.0. The van der Waals surface area contributed by atoms with Crippen molar-refractivity contribution in [2.45, 2.75) is 25.6 Å². The molecule has 1 spiro atoms. The van der Waals surface area contributed by atoms with Crippen LogP contribution in [0.4, 0.5) is 18.9 Å². The Morgan fingerprint density at radius 1 is 1.13 bits per heavy atom. The van der Waals surface area contributed by atoms with Gasteiger partial charge in [-0.2, -0.15) is 23.4 Å². The van der Waals surface area contributed by atoms with E-state index in [4.69, 9.17) is 9.90 Å². The van der Waals surface area contributed by atoms with E-state index in [2.05, 4.69) is 15.1 Å². The number of amides is 1. The Hall–Kier alpha value is -2.89. The van der Waals surface area contributed by atoms with E-state index in [-0.39, 0.29) is 11.3 Å². The van der Waals surface area contributed by atoms with Gasteiger partial charge < -0.3 is 10.0 Å². The largest absolute Gasteiger partial charge is 0.490 e. The molecule has 1 unspecified atom stereocenters. The van der Waals surface area contributed by atoms with Gasteiger partial charge >= 0.3 is 12.1 Å². The van der Waals surface area contributed by atoms with Crippen molar-refractivity contribution in [3.63, 3.8) is 0 Å². The Balaban J connectivity index is 0.000000318. The number of likely N-dealkylation sites (tertiary alicyclic amines) is 1. The van der Waals surface area contributed by atoms with E-state index in [1.54, 1.807) is 10.9 Å². The summed E-state index contributed by atoms with van der Waals surface area (Å²) in [5.41, 5.74) is 1.91. The third-order valence-corrected chi connectivity index (χ3v) is 5.36. The van der Waals surface area contributed by atoms with Crippen molar-refractivity contribution in [1.82, 2.24) is 24.5 Å². The van der Waals surface area contributed by atoms with Gasteiger partial charge in [0.1, 0.15) is 0 Å². The molecule has 2 saturated heterocycles. The molecule has 2 aromatic rings. The lowest BCUT2D eigenvalue weighted by molar-refractivity contribution is -0.192. The molecule has 2 aromatic heterocycles. The zero-order valence-corrected chi connectivity index (χ0v) is 16.6. The summed E-state index contributed by atoms with van der Waals surface area (Å²) < 4.78 is 35.3. The second kappa shape index (κ2) is 8.09. The van der Waals surface area contributed by atoms with Gasteiger partial charge in [-0.1, -0.05) is 0 Å². The summed E-state index contributed by atoms with van der Waals surface area (Å²) in [6.45, 7) is 3.49. The van der Waals surface area contributed by atoms with Crippen molar-refractivity contribution in [2.75, 3.05) is 24.5 Å². The zero-order valence-electron chi connectivity index (χ0n) is 16.6. The Bertz CT molecular complexity index is 924. The molecule has 9 nitrogen and oxygen atoms in total. The topological polar surface area (TPSA) is 96.5 Å². The van der Waals surface area contributed by atoms with Gasteiger partial charge in [-0.3, -0.25) is 19.1 Å². The molecule has 4 rings (SSSR count). The lowest BCUT2D eigenvalue weighted by Crippen LogP contribution is -2.36. The molecule has 2 fully saturated rings. The molecule has 12 heteroatoms. The fourth-order valence-electron chi connectivity index (χ4n) is 3.90. The van der Waals surface area contributed by atoms with Crippen LogP contribution < -0.4 is 4.90 Å². The first-order chi connectivity index (χ1) is 14.0. The first kappa shape index (κ1) is 21.8. The first-order valence-electron chi connectivity index (χ1n) is 9.31. The minimum Gasteiger partial charge on any atom is -0.475 e. The van der Waals surface area contributed by atoms with Crippen LogP contribution in [0.1, 0.15) is 18.4 Å². The number of aryl methyl sites for hydroxylation is 2. The summed E-state index contributed by atoms with van der Waals surface area (Å²) in [6, 6.07) is 0. The van der Waals surface area contributed by atoms with E-state index in [0.29, 0.717) is 0 Å². The average molecular weight is 428 g/mol. The molecule has 4 heterocycles. The van der Waals surface area contributed by atoms with E-state index < -0.39 is 12.1 Å². The summed E-state index contributed by atoms with van der Waals surface area (Å²) >= 11 is 0. The first-order valence-corrected chi connectivity index (χ1v) is 9.31. The van der Waals surface area contributed by atoms with Gasteiger partial charge in [-0.05, 0) is 19.4 Å². The number of aromatic nitrogens is 4. The van der Waals surface area contributed by atoms with Crippen LogP contribution in [0.5, 0.6) is 0 Å². The number of hydrogen-bond acceptors (Lipinski definition) is 5. The predicted molar refractivity (Wildman–Crippen MR) is 99.4 cm³/mol. The van der Waals surface area contributed by atoms with E-state index in [9.17, 15) is 18.0 Å². The molecule has 1 atom stereocenters. The van der Waals surface area contributed by atoms with Crippen LogP contribution >= 0.6 is 0 Å². The lowest BCUT2D eigenvalue weighted by atomic mass is 9.85. The van der Waals surface area contributed by atoms with Crippen molar-refractivity contribution in [2.24, 2.45) is 19.5 Å². The molecule has 2 aliphatic rings. The molecule has 0 aromatic carbocycles. The Kier molecular flexibility index (Phi) is 5.88. The van der Waals surface area contributed by atoms with Gasteiger partial charge in [0.05, 0.1) is 23.5 Å². The number of hydrogen-bond donors (Lipinski definition) is 1. The average Bonchev–Trinajstić information content (AvgIpc) is 3.41. The number of carbonyl (C=O) groups excluding carboxylic acids is 1. The van der Waals surface area contributed by atoms with Crippen LogP contribution in [0.15, 0.2) is 24.8 Å². The molecule has 164 valence electrons. The van der Waals surface area contributed by atoms with Crippen molar-refractivity contribution in [1.29, 1.82) is 0 Å². The Labute approximate surface area is 170 Å². The summed E-state index contributed by atoms with van der Waals surface area (Å²) in [5.74, 6) is -2.49. The van der Waals surface area contributed by atoms with Crippen molar-refractivity contribution in [3.05, 3.63) is 30.4 Å². The number of anilines is 1. The van der Waals surface area contributed by atoms with Crippen molar-refractivity contribution < 1.29 is 27.9 Å². The highest BCUT2D eigenvalue weighted by atomic mass is 19.4. The third-order valence-electron chi connectivity index (χ3n) is 5.36. The smallest absolute Gasteiger partial charge is 0.475 e. The number of halogens is 3. The maximum Gasteiger partial charge on any atom is 0.490 e. The van der Waals surface area contributed by atoms with E-state index in [0.717, 1.165) is 44.7 Å². The Morgan fingerprint density at radius 2 is 1.73 bits per heavy atom. The van der Waals surface area contributed by atoms with Gasteiger partial charge in [0, 0.05) is 51.7 Å². The quantitative estimate of drug-likeness (QED) is 0.794. The molecule has 0 radical (unpaired) electrons. The zero-order chi connectivity index (χ0) is 22.1. The van der Waals surface area contributed by atoms with E-state index in [1.165, 1.54) is 5.56 Å². The van der Waals surface area contributed by atoms with Crippen LogP contribution in [0.25, 0.3) is 0 Å². The fourth-order valence-corrected chi connectivity index (χ4v) is 3.90. The van der Waals surface area contributed by atoms with Crippen LogP contribution in [0.2, 0.25) is 0 Å². The number of carbonyl (C=O) groups is 2. The number of carboxylic acids is 1. The van der Waals surface area contributed by atoms with Gasteiger partial charge in [-0.15, -0.1) is 0 Å². The highest BCUT2D eigenvalue weighted by molar-refractivity contribution is 6.00. The number of alkyl halides is 3. The second-order valence-electron chi connectivity index (χ2n) is 7.65. The van der Waals surface area contributed by atoms with Crippen LogP contribution in [-0.4, -0.2) is 67.3 Å². The number of aliphatic carboxylic acids is 1. The minimum atomic E-state index is -5.08. The van der Waals surface area contributed by atoms with Crippen LogP contribution in [-0.2, 0) is 30.2 Å². The highest BCUT2D eigenvalue weighted by Crippen LogP contribution is 2.42. The highest BCUT2D eigenvalue weighted by Gasteiger charge is 2.51. The van der Waals surface area contributed by atoms with Gasteiger partial charge in [0.25, 0.3) is 0 Å². The number of rotatable bonds is 3. The van der Waals surface area contributed by atoms with Gasteiger partial charge in [0.15, 0.2) is 0 Å². The summed E-state index contributed by atoms with van der Waals surface area (Å²) in [6.07, 6.45) is 4.44. The fraction of sp³-hybridized carbons (Fsp3) is 0.556. The Morgan fingerprint density at radius 3 is 2.27 bits per heavy atom. The molecular formula is C18H23F3N6O3. The summed E-state index contributed by atoms with van der Waals surface area (Å²) in [7, 11) is 3.81. The maximum absolute atomic E-state index is 13.0. The predicted octanol–water partition coefficient (Wildman–Crippen LogP) is 1.42. The minimum absolute atomic E-state index is 0.210. The van der Waals surface area contributed by atoms with Crippen LogP contribution in [0.3, 0.4) is 0 Å². The lowest BCUT2D eigenvalue weighted by Gasteiger charge is -2.23. The molecule has 1 N–H and O–H groups in total. The monoisotopic (exact) mass is 428 g/mol. The molecule has 0 aliphatic carbocycles. The number of carboxylic acid groups (broad SMARTS) is 1. The third kappa shape index (κ3) is 4.64. The molecule has 30 heavy (non-hydrogen) atoms. The van der Waals surface area contributed by atoms with E-state index >= 15 is 0 Å². The SMILES string of the molecule is Cn1cc(CN2CCC3(CCN(c4cnn(C)c4)C3=O)C2)cn1.O=C(O)C(F)(F)F.